The second kappa shape index (κ2) is 4.08. The lowest BCUT2D eigenvalue weighted by atomic mass is 10.1. The van der Waals surface area contributed by atoms with Crippen molar-refractivity contribution in [2.24, 2.45) is 5.14 Å². The van der Waals surface area contributed by atoms with Crippen molar-refractivity contribution < 1.29 is 8.42 Å². The first kappa shape index (κ1) is 10.9. The number of sulfonamides is 1. The molecule has 0 atom stereocenters. The quantitative estimate of drug-likeness (QED) is 0.863. The van der Waals surface area contributed by atoms with Crippen LogP contribution in [0.1, 0.15) is 5.56 Å². The van der Waals surface area contributed by atoms with Gasteiger partial charge in [0.05, 0.1) is 0 Å². The number of rotatable bonds is 2. The third-order valence-corrected chi connectivity index (χ3v) is 2.78. The van der Waals surface area contributed by atoms with Crippen molar-refractivity contribution in [1.29, 1.82) is 0 Å². The van der Waals surface area contributed by atoms with Crippen LogP contribution in [0.25, 0.3) is 16.8 Å². The van der Waals surface area contributed by atoms with Gasteiger partial charge in [-0.1, -0.05) is 42.5 Å². The summed E-state index contributed by atoms with van der Waals surface area (Å²) in [6, 6.07) is 13.5. The van der Waals surface area contributed by atoms with E-state index in [2.05, 4.69) is 0 Å². The standard InChI is InChI=1S/C12H11NO2S/c13-16(14,15)9-8-11-6-3-5-10-4-1-2-7-12(10)11/h1-9H,(H2,13,14,15). The highest BCUT2D eigenvalue weighted by atomic mass is 32.2. The predicted molar refractivity (Wildman–Crippen MR) is 66.1 cm³/mol. The van der Waals surface area contributed by atoms with Crippen LogP contribution < -0.4 is 5.14 Å². The highest BCUT2D eigenvalue weighted by Crippen LogP contribution is 2.19. The maximum atomic E-state index is 10.8. The third-order valence-electron chi connectivity index (χ3n) is 2.26. The number of primary sulfonamides is 1. The molecule has 16 heavy (non-hydrogen) atoms. The molecule has 82 valence electrons. The number of benzene rings is 2. The van der Waals surface area contributed by atoms with E-state index < -0.39 is 10.0 Å². The van der Waals surface area contributed by atoms with Crippen LogP contribution in [0.15, 0.2) is 47.9 Å². The molecule has 0 aromatic heterocycles. The van der Waals surface area contributed by atoms with E-state index in [0.717, 1.165) is 21.7 Å². The zero-order chi connectivity index (χ0) is 11.6. The van der Waals surface area contributed by atoms with E-state index in [1.807, 2.05) is 42.5 Å². The minimum atomic E-state index is -3.57. The second-order valence-electron chi connectivity index (χ2n) is 3.46. The SMILES string of the molecule is NS(=O)(=O)C=Cc1cccc2ccccc12. The monoisotopic (exact) mass is 233 g/mol. The average molecular weight is 233 g/mol. The summed E-state index contributed by atoms with van der Waals surface area (Å²) in [5, 5.41) is 7.99. The molecular formula is C12H11NO2S. The molecule has 2 aromatic carbocycles. The van der Waals surface area contributed by atoms with Crippen LogP contribution in [-0.2, 0) is 10.0 Å². The number of fused-ring (bicyclic) bond motifs is 1. The fourth-order valence-corrected chi connectivity index (χ4v) is 1.90. The van der Waals surface area contributed by atoms with Crippen molar-refractivity contribution in [3.63, 3.8) is 0 Å². The first-order valence-electron chi connectivity index (χ1n) is 4.75. The van der Waals surface area contributed by atoms with Crippen LogP contribution in [0.5, 0.6) is 0 Å². The molecule has 0 fully saturated rings. The summed E-state index contributed by atoms with van der Waals surface area (Å²) < 4.78 is 21.7. The van der Waals surface area contributed by atoms with Crippen molar-refractivity contribution in [3.8, 4) is 0 Å². The molecule has 0 amide bonds. The summed E-state index contributed by atoms with van der Waals surface area (Å²) in [4.78, 5) is 0. The summed E-state index contributed by atoms with van der Waals surface area (Å²) in [6.07, 6.45) is 1.51. The maximum Gasteiger partial charge on any atom is 0.231 e. The topological polar surface area (TPSA) is 60.2 Å². The summed E-state index contributed by atoms with van der Waals surface area (Å²) in [6.45, 7) is 0. The van der Waals surface area contributed by atoms with Crippen LogP contribution in [-0.4, -0.2) is 8.42 Å². The summed E-state index contributed by atoms with van der Waals surface area (Å²) >= 11 is 0. The number of hydrogen-bond acceptors (Lipinski definition) is 2. The Labute approximate surface area is 94.3 Å². The zero-order valence-corrected chi connectivity index (χ0v) is 9.31. The lowest BCUT2D eigenvalue weighted by molar-refractivity contribution is 0.606. The number of hydrogen-bond donors (Lipinski definition) is 1. The van der Waals surface area contributed by atoms with Gasteiger partial charge in [-0.3, -0.25) is 0 Å². The van der Waals surface area contributed by atoms with Crippen LogP contribution in [0.4, 0.5) is 0 Å². The minimum Gasteiger partial charge on any atom is -0.225 e. The molecule has 2 aromatic rings. The van der Waals surface area contributed by atoms with Crippen LogP contribution >= 0.6 is 0 Å². The average Bonchev–Trinajstić information content (AvgIpc) is 2.25. The molecule has 0 aliphatic heterocycles. The summed E-state index contributed by atoms with van der Waals surface area (Å²) in [5.74, 6) is 0. The molecule has 0 radical (unpaired) electrons. The Bertz CT molecular complexity index is 640. The Kier molecular flexibility index (Phi) is 2.77. The molecule has 0 spiro atoms. The smallest absolute Gasteiger partial charge is 0.225 e. The molecule has 0 aliphatic rings. The largest absolute Gasteiger partial charge is 0.231 e. The van der Waals surface area contributed by atoms with Gasteiger partial charge in [0.1, 0.15) is 0 Å². The predicted octanol–water partition coefficient (Wildman–Crippen LogP) is 2.10. The van der Waals surface area contributed by atoms with Gasteiger partial charge in [0.2, 0.25) is 10.0 Å². The summed E-state index contributed by atoms with van der Waals surface area (Å²) in [5.41, 5.74) is 0.840. The first-order chi connectivity index (χ1) is 7.56. The Hall–Kier alpha value is -1.65. The molecule has 4 heteroatoms. The highest BCUT2D eigenvalue weighted by Gasteiger charge is 1.98. The second-order valence-corrected chi connectivity index (χ2v) is 4.91. The Morgan fingerprint density at radius 1 is 1.00 bits per heavy atom. The van der Waals surface area contributed by atoms with Gasteiger partial charge in [-0.25, -0.2) is 13.6 Å². The van der Waals surface area contributed by atoms with Gasteiger partial charge in [-0.05, 0) is 22.4 Å². The lowest BCUT2D eigenvalue weighted by Crippen LogP contribution is -2.06. The molecule has 2 N–H and O–H groups in total. The van der Waals surface area contributed by atoms with E-state index in [0.29, 0.717) is 0 Å². The number of nitrogens with two attached hydrogens (primary N) is 1. The minimum absolute atomic E-state index is 0.840. The molecule has 2 rings (SSSR count). The van der Waals surface area contributed by atoms with Gasteiger partial charge in [-0.2, -0.15) is 0 Å². The normalized spacial score (nSPS) is 12.3. The van der Waals surface area contributed by atoms with E-state index in [4.69, 9.17) is 5.14 Å². The molecule has 3 nitrogen and oxygen atoms in total. The van der Waals surface area contributed by atoms with Crippen LogP contribution in [0, 0.1) is 0 Å². The third kappa shape index (κ3) is 2.48. The molecular weight excluding hydrogens is 222 g/mol. The summed E-state index contributed by atoms with van der Waals surface area (Å²) in [7, 11) is -3.57. The van der Waals surface area contributed by atoms with Crippen LogP contribution in [0.2, 0.25) is 0 Å². The van der Waals surface area contributed by atoms with Gasteiger partial charge in [0, 0.05) is 5.41 Å². The fourth-order valence-electron chi connectivity index (χ4n) is 1.56. The van der Waals surface area contributed by atoms with E-state index in [9.17, 15) is 8.42 Å². The van der Waals surface area contributed by atoms with Gasteiger partial charge in [0.15, 0.2) is 0 Å². The highest BCUT2D eigenvalue weighted by molar-refractivity contribution is 7.92. The lowest BCUT2D eigenvalue weighted by Gasteiger charge is -2.00. The van der Waals surface area contributed by atoms with Crippen molar-refractivity contribution in [2.75, 3.05) is 0 Å². The first-order valence-corrected chi connectivity index (χ1v) is 6.36. The van der Waals surface area contributed by atoms with E-state index in [-0.39, 0.29) is 0 Å². The Morgan fingerprint density at radius 2 is 1.69 bits per heavy atom. The molecule has 0 unspecified atom stereocenters. The van der Waals surface area contributed by atoms with E-state index in [1.54, 1.807) is 0 Å². The Balaban J connectivity index is 2.57. The molecule has 0 heterocycles. The van der Waals surface area contributed by atoms with Crippen molar-refractivity contribution in [3.05, 3.63) is 53.4 Å². The van der Waals surface area contributed by atoms with Crippen molar-refractivity contribution >= 4 is 26.9 Å². The molecule has 0 aliphatic carbocycles. The fraction of sp³-hybridized carbons (Fsp3) is 0. The van der Waals surface area contributed by atoms with Gasteiger partial charge in [-0.15, -0.1) is 0 Å². The van der Waals surface area contributed by atoms with Gasteiger partial charge >= 0.3 is 0 Å². The molecule has 0 saturated carbocycles. The van der Waals surface area contributed by atoms with Crippen LogP contribution in [0.3, 0.4) is 0 Å². The zero-order valence-electron chi connectivity index (χ0n) is 8.50. The molecule has 0 bridgehead atoms. The molecule has 0 saturated heterocycles. The Morgan fingerprint density at radius 3 is 2.44 bits per heavy atom. The van der Waals surface area contributed by atoms with E-state index in [1.165, 1.54) is 6.08 Å². The van der Waals surface area contributed by atoms with Gasteiger partial charge in [0.25, 0.3) is 0 Å². The van der Waals surface area contributed by atoms with Gasteiger partial charge < -0.3 is 0 Å². The maximum absolute atomic E-state index is 10.8. The van der Waals surface area contributed by atoms with Crippen molar-refractivity contribution in [2.45, 2.75) is 0 Å². The van der Waals surface area contributed by atoms with E-state index >= 15 is 0 Å². The van der Waals surface area contributed by atoms with Crippen molar-refractivity contribution in [1.82, 2.24) is 0 Å².